The Labute approximate surface area is 759 Å². The summed E-state index contributed by atoms with van der Waals surface area (Å²) in [7, 11) is 3.61. The fourth-order valence-corrected chi connectivity index (χ4v) is 22.3. The number of benzene rings is 7. The van der Waals surface area contributed by atoms with Gasteiger partial charge in [0.05, 0.1) is 106 Å². The summed E-state index contributed by atoms with van der Waals surface area (Å²) in [4.78, 5) is 5.45. The Morgan fingerprint density at radius 3 is 1.04 bits per heavy atom. The molecule has 12 atom stereocenters. The number of anilines is 1. The van der Waals surface area contributed by atoms with Crippen LogP contribution in [0.5, 0.6) is 5.75 Å². The maximum atomic E-state index is 14.6. The highest BCUT2D eigenvalue weighted by atomic mass is 19.4. The highest BCUT2D eigenvalue weighted by molar-refractivity contribution is 5.66. The lowest BCUT2D eigenvalue weighted by Crippen LogP contribution is -2.40. The van der Waals surface area contributed by atoms with Gasteiger partial charge in [-0.3, -0.25) is 0 Å². The minimum atomic E-state index is -4.79. The molecule has 0 spiro atoms. The van der Waals surface area contributed by atoms with Crippen molar-refractivity contribution in [1.82, 2.24) is 48.7 Å². The summed E-state index contributed by atoms with van der Waals surface area (Å²) in [5.41, 5.74) is 19.1. The second-order valence-corrected chi connectivity index (χ2v) is 37.5. The molecule has 6 heterocycles. The van der Waals surface area contributed by atoms with Crippen LogP contribution in [0, 0.1) is 86.2 Å². The van der Waals surface area contributed by atoms with E-state index in [1.165, 1.54) is 113 Å². The van der Waals surface area contributed by atoms with E-state index in [2.05, 4.69) is 82.1 Å². The number of hydrogen-bond donors (Lipinski definition) is 4. The van der Waals surface area contributed by atoms with Crippen LogP contribution in [0.2, 0.25) is 0 Å². The Hall–Kier alpha value is -12.5. The van der Waals surface area contributed by atoms with Crippen molar-refractivity contribution in [3.05, 3.63) is 356 Å². The quantitative estimate of drug-likeness (QED) is 0.0566. The molecule has 0 bridgehead atoms. The number of fused-ring (bicyclic) bond motifs is 8. The number of alkyl halides is 3. The summed E-state index contributed by atoms with van der Waals surface area (Å²) in [5.74, 6) is -2.79. The zero-order valence-corrected chi connectivity index (χ0v) is 74.0. The van der Waals surface area contributed by atoms with E-state index in [0.717, 1.165) is 175 Å². The molecular weight excluding hydrogens is 1700 g/mol. The largest absolute Gasteiger partial charge is 0.573 e. The summed E-state index contributed by atoms with van der Waals surface area (Å²) in [6, 6.07) is 47.3. The lowest BCUT2D eigenvalue weighted by atomic mass is 9.57. The van der Waals surface area contributed by atoms with E-state index in [-0.39, 0.29) is 86.0 Å². The van der Waals surface area contributed by atoms with Gasteiger partial charge in [0.1, 0.15) is 40.7 Å². The number of rotatable bonds is 15. The predicted molar refractivity (Wildman–Crippen MR) is 486 cm³/mol. The van der Waals surface area contributed by atoms with Gasteiger partial charge < -0.3 is 34.6 Å². The van der Waals surface area contributed by atoms with Crippen molar-refractivity contribution in [2.75, 3.05) is 19.0 Å². The lowest BCUT2D eigenvalue weighted by Gasteiger charge is -2.47. The minimum Gasteiger partial charge on any atom is -0.406 e. The van der Waals surface area contributed by atoms with Crippen LogP contribution in [0.25, 0.3) is 52.7 Å². The van der Waals surface area contributed by atoms with E-state index in [4.69, 9.17) is 0 Å². The summed E-state index contributed by atoms with van der Waals surface area (Å²) in [6.07, 6.45) is 27.4. The molecule has 0 amide bonds. The summed E-state index contributed by atoms with van der Waals surface area (Å²) in [5, 5.41) is 63.8. The number of ether oxygens (including phenoxy) is 1. The van der Waals surface area contributed by atoms with E-state index < -0.39 is 36.7 Å². The van der Waals surface area contributed by atoms with Crippen molar-refractivity contribution in [2.45, 2.75) is 161 Å². The standard InChI is InChI=1S/C29H27F2N3O.C27H29F2N3O.C26H24F4N2O2.C24H23F2N3O/c1-29-17-20-18-32-34(23-10-8-22(30)9-11-23)26(20)16-21(29)5-4-6-24(29)28(35)19-7-12-25(31)27(15-19)33-13-2-3-14-33;1-27-15-18-16-30-32(21-10-8-20(28)9-11-21)24(18)14-19(27)5-4-6-22(27)26(33)17-7-12-23(29)25(13-17)31(2)3;1-25-14-17-15-31-32(20-10-8-19(27)9-11-20)23(17)13-18(25)5-3-7-22(25)24(33)16-4-2-6-21(12-16)34-26(28,29)30;1-24-12-16-14-28-29(19-8-6-18(25)7-9-19)21(16)11-17(24)3-2-4-20(24)23(30)15-5-10-22(26)27-13-15/h2-3,7-16,18,24,28,35H,4-6,17H2,1H3;7-14,16,22,26,33H,4-6,15H2,1-3H3;2,4,6,8-13,15,22,24,33H,3,5,7,14H2,1H3;5-11,13-14,20,23,30H,2-4,12H2,1H3/t24-,28+,29+;22-,26+,27+;22-,24+,25+;20-,23+,24+/m1111/s1. The van der Waals surface area contributed by atoms with Crippen LogP contribution in [-0.4, -0.2) is 89.6 Å². The molecule has 0 unspecified atom stereocenters. The first-order chi connectivity index (χ1) is 63.3. The summed E-state index contributed by atoms with van der Waals surface area (Å²) in [6.45, 7) is 8.79. The van der Waals surface area contributed by atoms with Gasteiger partial charge in [0, 0.05) is 32.7 Å². The Balaban J connectivity index is 0.000000118. The fourth-order valence-electron chi connectivity index (χ4n) is 22.3. The van der Waals surface area contributed by atoms with Gasteiger partial charge >= 0.3 is 6.36 Å². The molecule has 16 nitrogen and oxygen atoms in total. The monoisotopic (exact) mass is 1800 g/mol. The van der Waals surface area contributed by atoms with Gasteiger partial charge in [-0.15, -0.1) is 13.2 Å². The number of halogens is 10. The summed E-state index contributed by atoms with van der Waals surface area (Å²) >= 11 is 0. The van der Waals surface area contributed by atoms with E-state index in [9.17, 15) is 64.3 Å². The normalized spacial score (nSPS) is 23.0. The molecule has 8 aliphatic carbocycles. The van der Waals surface area contributed by atoms with Gasteiger partial charge in [0.25, 0.3) is 0 Å². The van der Waals surface area contributed by atoms with Crippen molar-refractivity contribution < 1.29 is 69.1 Å². The average Bonchev–Trinajstić information content (AvgIpc) is 1.47. The molecule has 0 aliphatic heterocycles. The third-order valence-electron chi connectivity index (χ3n) is 29.4. The van der Waals surface area contributed by atoms with Crippen LogP contribution >= 0.6 is 0 Å². The van der Waals surface area contributed by atoms with E-state index in [0.29, 0.717) is 28.9 Å². The van der Waals surface area contributed by atoms with Crippen LogP contribution in [0.4, 0.5) is 49.6 Å². The average molecular weight is 1800 g/mol. The molecule has 21 rings (SSSR count). The second kappa shape index (κ2) is 36.2. The maximum absolute atomic E-state index is 14.6. The molecule has 4 saturated carbocycles. The van der Waals surface area contributed by atoms with E-state index in [1.54, 1.807) is 132 Å². The third-order valence-corrected chi connectivity index (χ3v) is 29.4. The first kappa shape index (κ1) is 90.1. The predicted octanol–water partition coefficient (Wildman–Crippen LogP) is 23.5. The smallest absolute Gasteiger partial charge is 0.406 e. The van der Waals surface area contributed by atoms with Gasteiger partial charge in [0.2, 0.25) is 5.95 Å². The van der Waals surface area contributed by atoms with Gasteiger partial charge in [-0.1, -0.05) is 80.3 Å². The molecule has 132 heavy (non-hydrogen) atoms. The first-order valence-electron chi connectivity index (χ1n) is 45.1. The van der Waals surface area contributed by atoms with E-state index >= 15 is 0 Å². The van der Waals surface area contributed by atoms with Crippen LogP contribution in [0.1, 0.15) is 196 Å². The molecule has 0 radical (unpaired) electrons. The second-order valence-electron chi connectivity index (χ2n) is 37.5. The topological polar surface area (TPSA) is 182 Å². The zero-order valence-electron chi connectivity index (χ0n) is 74.0. The molecule has 682 valence electrons. The van der Waals surface area contributed by atoms with E-state index in [1.807, 2.05) is 44.8 Å². The van der Waals surface area contributed by atoms with Crippen LogP contribution in [-0.2, 0) is 25.7 Å². The zero-order chi connectivity index (χ0) is 92.5. The molecule has 26 heteroatoms. The lowest BCUT2D eigenvalue weighted by molar-refractivity contribution is -0.274. The highest BCUT2D eigenvalue weighted by Gasteiger charge is 2.52. The highest BCUT2D eigenvalue weighted by Crippen LogP contribution is 2.60. The number of allylic oxidation sites excluding steroid dienone is 4. The van der Waals surface area contributed by atoms with Crippen molar-refractivity contribution in [3.63, 3.8) is 0 Å². The number of aliphatic hydroxyl groups excluding tert-OH is 4. The molecule has 6 aromatic heterocycles. The Morgan fingerprint density at radius 1 is 0.379 bits per heavy atom. The fraction of sp³-hybridized carbons (Fsp3) is 0.330. The molecule has 0 saturated heterocycles. The van der Waals surface area contributed by atoms with Gasteiger partial charge in [-0.25, -0.2) is 50.1 Å². The molecule has 4 fully saturated rings. The number of hydrogen-bond acceptors (Lipinski definition) is 11. The first-order valence-corrected chi connectivity index (χ1v) is 45.1. The molecular formula is C106H103F10N11O5. The number of nitrogens with zero attached hydrogens (tertiary/aromatic N) is 11. The number of aliphatic hydroxyl groups is 4. The van der Waals surface area contributed by atoms with Gasteiger partial charge in [-0.2, -0.15) is 24.8 Å². The maximum Gasteiger partial charge on any atom is 0.573 e. The van der Waals surface area contributed by atoms with Gasteiger partial charge in [0.15, 0.2) is 0 Å². The summed E-state index contributed by atoms with van der Waals surface area (Å²) < 4.78 is 147. The Morgan fingerprint density at radius 2 is 0.705 bits per heavy atom. The Bertz CT molecular complexity index is 6520. The molecule has 8 aliphatic rings. The van der Waals surface area contributed by atoms with Crippen LogP contribution < -0.4 is 9.64 Å². The number of aromatic nitrogens is 10. The van der Waals surface area contributed by atoms with Crippen molar-refractivity contribution in [1.29, 1.82) is 0 Å². The third kappa shape index (κ3) is 17.5. The molecule has 7 aromatic carbocycles. The number of pyridine rings is 1. The van der Waals surface area contributed by atoms with Crippen molar-refractivity contribution in [2.24, 2.45) is 45.3 Å². The van der Waals surface area contributed by atoms with Gasteiger partial charge in [-0.05, 0) is 369 Å². The molecule has 4 N–H and O–H groups in total. The Kier molecular flexibility index (Phi) is 24.7. The molecule has 13 aromatic rings. The van der Waals surface area contributed by atoms with Crippen LogP contribution in [0.15, 0.2) is 248 Å². The van der Waals surface area contributed by atoms with Crippen molar-refractivity contribution >= 4 is 30.0 Å². The SMILES string of the molecule is CN(C)c1cc([C@H](O)[C@H]2CCCC3=Cc4c(cnn4-c4ccc(F)cc4)C[C@@]32C)ccc1F.C[C@]12Cc3cnn(-c4ccc(F)cc4)c3C=C1CCC[C@@H]2[C@@H](O)c1ccc(F)c(-n2cccc2)c1.C[C@]12Cc3cnn(-c4ccc(F)cc4)c3C=C1CCC[C@@H]2[C@@H](O)c1ccc(F)nc1.C[C@]12Cc3cnn(-c4ccc(F)cc4)c3C=C1CCC[C@@H]2[C@@H](O)c1cccc(OC(F)(F)F)c1. The minimum absolute atomic E-state index is 0.00656. The van der Waals surface area contributed by atoms with Crippen molar-refractivity contribution in [3.8, 4) is 34.2 Å². The van der Waals surface area contributed by atoms with Crippen LogP contribution in [0.3, 0.4) is 0 Å².